The van der Waals surface area contributed by atoms with Crippen LogP contribution in [0.3, 0.4) is 0 Å². The summed E-state index contributed by atoms with van der Waals surface area (Å²) in [5, 5.41) is 3.40. The molecule has 0 unspecified atom stereocenters. The Bertz CT molecular complexity index is 322. The minimum atomic E-state index is 0.534. The number of piperidine rings is 1. The van der Waals surface area contributed by atoms with Crippen LogP contribution in [0.2, 0.25) is 0 Å². The minimum Gasteiger partial charge on any atom is -0.337 e. The number of rotatable bonds is 2. The average molecular weight is 207 g/mol. The minimum absolute atomic E-state index is 0.534. The van der Waals surface area contributed by atoms with Crippen LogP contribution in [0.15, 0.2) is 6.20 Å². The Morgan fingerprint density at radius 1 is 1.40 bits per heavy atom. The molecule has 0 saturated carbocycles. The number of imidazole rings is 1. The third-order valence-corrected chi connectivity index (χ3v) is 3.23. The molecule has 84 valence electrons. The molecule has 2 heterocycles. The van der Waals surface area contributed by atoms with Crippen LogP contribution in [-0.4, -0.2) is 22.6 Å². The molecular weight excluding hydrogens is 186 g/mol. The molecule has 0 amide bonds. The van der Waals surface area contributed by atoms with Crippen molar-refractivity contribution in [2.75, 3.05) is 13.1 Å². The van der Waals surface area contributed by atoms with Gasteiger partial charge in [0.05, 0.1) is 5.69 Å². The van der Waals surface area contributed by atoms with Crippen molar-refractivity contribution in [3.05, 3.63) is 17.7 Å². The standard InChI is InChI=1S/C12H21N3/c1-9(2)11-8-15(3)12(14-11)10-4-6-13-7-5-10/h8-10,13H,4-7H2,1-3H3. The van der Waals surface area contributed by atoms with Gasteiger partial charge in [-0.1, -0.05) is 13.8 Å². The normalized spacial score (nSPS) is 18.7. The van der Waals surface area contributed by atoms with Gasteiger partial charge in [0.1, 0.15) is 5.82 Å². The van der Waals surface area contributed by atoms with E-state index in [1.807, 2.05) is 0 Å². The fourth-order valence-corrected chi connectivity index (χ4v) is 2.24. The summed E-state index contributed by atoms with van der Waals surface area (Å²) in [7, 11) is 2.12. The SMILES string of the molecule is CC(C)c1cn(C)c(C2CCNCC2)n1. The van der Waals surface area contributed by atoms with Gasteiger partial charge in [0.15, 0.2) is 0 Å². The van der Waals surface area contributed by atoms with Crippen molar-refractivity contribution in [1.82, 2.24) is 14.9 Å². The summed E-state index contributed by atoms with van der Waals surface area (Å²) in [6, 6.07) is 0. The average Bonchev–Trinajstić information content (AvgIpc) is 2.62. The highest BCUT2D eigenvalue weighted by Gasteiger charge is 2.20. The van der Waals surface area contributed by atoms with E-state index < -0.39 is 0 Å². The van der Waals surface area contributed by atoms with Crippen LogP contribution in [0.1, 0.15) is 50.0 Å². The van der Waals surface area contributed by atoms with Gasteiger partial charge in [-0.3, -0.25) is 0 Å². The quantitative estimate of drug-likeness (QED) is 0.804. The first-order valence-electron chi connectivity index (χ1n) is 5.92. The van der Waals surface area contributed by atoms with Gasteiger partial charge in [0, 0.05) is 19.2 Å². The topological polar surface area (TPSA) is 29.9 Å². The molecule has 1 aliphatic rings. The van der Waals surface area contributed by atoms with E-state index in [1.165, 1.54) is 24.4 Å². The van der Waals surface area contributed by atoms with Gasteiger partial charge in [-0.05, 0) is 31.8 Å². The van der Waals surface area contributed by atoms with E-state index in [0.29, 0.717) is 11.8 Å². The van der Waals surface area contributed by atoms with E-state index in [0.717, 1.165) is 13.1 Å². The maximum atomic E-state index is 4.77. The van der Waals surface area contributed by atoms with E-state index in [1.54, 1.807) is 0 Å². The van der Waals surface area contributed by atoms with E-state index in [4.69, 9.17) is 4.98 Å². The first-order valence-corrected chi connectivity index (χ1v) is 5.92. The maximum Gasteiger partial charge on any atom is 0.111 e. The highest BCUT2D eigenvalue weighted by molar-refractivity contribution is 5.11. The predicted octanol–water partition coefficient (Wildman–Crippen LogP) is 2.01. The second-order valence-corrected chi connectivity index (χ2v) is 4.81. The summed E-state index contributed by atoms with van der Waals surface area (Å²) in [4.78, 5) is 4.77. The molecule has 3 nitrogen and oxygen atoms in total. The maximum absolute atomic E-state index is 4.77. The second-order valence-electron chi connectivity index (χ2n) is 4.81. The molecule has 1 saturated heterocycles. The highest BCUT2D eigenvalue weighted by Crippen LogP contribution is 2.25. The Morgan fingerprint density at radius 3 is 2.60 bits per heavy atom. The molecule has 0 atom stereocenters. The van der Waals surface area contributed by atoms with Crippen LogP contribution in [0.5, 0.6) is 0 Å². The van der Waals surface area contributed by atoms with Crippen LogP contribution in [0.4, 0.5) is 0 Å². The van der Waals surface area contributed by atoms with Gasteiger partial charge in [0.2, 0.25) is 0 Å². The molecule has 2 rings (SSSR count). The second kappa shape index (κ2) is 4.35. The molecule has 1 N–H and O–H groups in total. The molecule has 1 aromatic heterocycles. The van der Waals surface area contributed by atoms with Crippen molar-refractivity contribution in [3.8, 4) is 0 Å². The van der Waals surface area contributed by atoms with E-state index >= 15 is 0 Å². The monoisotopic (exact) mass is 207 g/mol. The lowest BCUT2D eigenvalue weighted by Crippen LogP contribution is -2.27. The van der Waals surface area contributed by atoms with E-state index in [2.05, 4.69) is 37.0 Å². The Kier molecular flexibility index (Phi) is 3.10. The molecule has 15 heavy (non-hydrogen) atoms. The fraction of sp³-hybridized carbons (Fsp3) is 0.750. The largest absolute Gasteiger partial charge is 0.337 e. The number of nitrogens with one attached hydrogen (secondary N) is 1. The zero-order chi connectivity index (χ0) is 10.8. The van der Waals surface area contributed by atoms with Gasteiger partial charge in [-0.25, -0.2) is 4.98 Å². The van der Waals surface area contributed by atoms with Crippen LogP contribution in [-0.2, 0) is 7.05 Å². The predicted molar refractivity (Wildman–Crippen MR) is 62.1 cm³/mol. The lowest BCUT2D eigenvalue weighted by molar-refractivity contribution is 0.437. The molecule has 3 heteroatoms. The molecule has 0 bridgehead atoms. The summed E-state index contributed by atoms with van der Waals surface area (Å²) in [6.45, 7) is 6.67. The summed E-state index contributed by atoms with van der Waals surface area (Å²) < 4.78 is 2.21. The smallest absolute Gasteiger partial charge is 0.111 e. The van der Waals surface area contributed by atoms with Crippen molar-refractivity contribution in [2.45, 2.75) is 38.5 Å². The summed E-state index contributed by atoms with van der Waals surface area (Å²) in [6.07, 6.45) is 4.63. The van der Waals surface area contributed by atoms with Gasteiger partial charge >= 0.3 is 0 Å². The van der Waals surface area contributed by atoms with Gasteiger partial charge in [-0.2, -0.15) is 0 Å². The number of nitrogens with zero attached hydrogens (tertiary/aromatic N) is 2. The summed E-state index contributed by atoms with van der Waals surface area (Å²) >= 11 is 0. The molecule has 0 radical (unpaired) electrons. The van der Waals surface area contributed by atoms with Crippen molar-refractivity contribution in [3.63, 3.8) is 0 Å². The third-order valence-electron chi connectivity index (χ3n) is 3.23. The lowest BCUT2D eigenvalue weighted by Gasteiger charge is -2.21. The van der Waals surface area contributed by atoms with Crippen molar-refractivity contribution >= 4 is 0 Å². The zero-order valence-corrected chi connectivity index (χ0v) is 9.95. The van der Waals surface area contributed by atoms with Crippen LogP contribution < -0.4 is 5.32 Å². The number of aromatic nitrogens is 2. The third kappa shape index (κ3) is 2.23. The Labute approximate surface area is 91.9 Å². The molecule has 0 spiro atoms. The van der Waals surface area contributed by atoms with Crippen molar-refractivity contribution < 1.29 is 0 Å². The number of hydrogen-bond donors (Lipinski definition) is 1. The van der Waals surface area contributed by atoms with Gasteiger partial charge in [0.25, 0.3) is 0 Å². The molecule has 1 aromatic rings. The van der Waals surface area contributed by atoms with Gasteiger partial charge < -0.3 is 9.88 Å². The van der Waals surface area contributed by atoms with Crippen LogP contribution in [0, 0.1) is 0 Å². The molecule has 0 aromatic carbocycles. The summed E-state index contributed by atoms with van der Waals surface area (Å²) in [5.74, 6) is 2.47. The highest BCUT2D eigenvalue weighted by atomic mass is 15.1. The van der Waals surface area contributed by atoms with Crippen molar-refractivity contribution in [1.29, 1.82) is 0 Å². The first kappa shape index (κ1) is 10.7. The van der Waals surface area contributed by atoms with Gasteiger partial charge in [-0.15, -0.1) is 0 Å². The molecule has 1 aliphatic heterocycles. The zero-order valence-electron chi connectivity index (χ0n) is 9.95. The first-order chi connectivity index (χ1) is 7.18. The molecule has 1 fully saturated rings. The lowest BCUT2D eigenvalue weighted by atomic mass is 9.97. The molecule has 0 aliphatic carbocycles. The number of hydrogen-bond acceptors (Lipinski definition) is 2. The Balaban J connectivity index is 2.19. The summed E-state index contributed by atoms with van der Waals surface area (Å²) in [5.41, 5.74) is 1.23. The van der Waals surface area contributed by atoms with E-state index in [9.17, 15) is 0 Å². The van der Waals surface area contributed by atoms with Crippen molar-refractivity contribution in [2.24, 2.45) is 7.05 Å². The number of aryl methyl sites for hydroxylation is 1. The Hall–Kier alpha value is -0.830. The van der Waals surface area contributed by atoms with E-state index in [-0.39, 0.29) is 0 Å². The molecular formula is C12H21N3. The fourth-order valence-electron chi connectivity index (χ4n) is 2.24. The Morgan fingerprint density at radius 2 is 2.07 bits per heavy atom. The van der Waals surface area contributed by atoms with Crippen LogP contribution in [0.25, 0.3) is 0 Å². The van der Waals surface area contributed by atoms with Crippen LogP contribution >= 0.6 is 0 Å².